The van der Waals surface area contributed by atoms with E-state index in [1.165, 1.54) is 52.0 Å². The van der Waals surface area contributed by atoms with Crippen LogP contribution in [-0.4, -0.2) is 113 Å². The Kier molecular flexibility index (Phi) is 41.4. The number of carboxylic acid groups (broad SMARTS) is 2. The van der Waals surface area contributed by atoms with E-state index in [0.29, 0.717) is 71.8 Å². The summed E-state index contributed by atoms with van der Waals surface area (Å²) in [5.74, 6) is -1.72. The van der Waals surface area contributed by atoms with Gasteiger partial charge in [0.25, 0.3) is 0 Å². The van der Waals surface area contributed by atoms with Crippen LogP contribution in [0.15, 0.2) is 0 Å². The van der Waals surface area contributed by atoms with Gasteiger partial charge in [-0.2, -0.15) is 0 Å². The van der Waals surface area contributed by atoms with Gasteiger partial charge in [0.15, 0.2) is 0 Å². The van der Waals surface area contributed by atoms with Gasteiger partial charge in [-0.15, -0.1) is 0 Å². The molecule has 0 aromatic heterocycles. The smallest absolute Gasteiger partial charge is 0.320 e. The minimum Gasteiger partial charge on any atom is -0.481 e. The maximum Gasteiger partial charge on any atom is 0.320 e. The molecule has 0 rings (SSSR count). The second-order valence-corrected chi connectivity index (χ2v) is 13.2. The van der Waals surface area contributed by atoms with Gasteiger partial charge in [-0.05, 0) is 52.0 Å². The van der Waals surface area contributed by atoms with Crippen LogP contribution in [0.1, 0.15) is 148 Å². The summed E-state index contributed by atoms with van der Waals surface area (Å²) in [6.07, 6.45) is 20.3. The highest BCUT2D eigenvalue weighted by molar-refractivity contribution is 5.83. The number of ether oxygens (including phenoxy) is 3. The van der Waals surface area contributed by atoms with Gasteiger partial charge in [-0.1, -0.05) is 77.6 Å². The predicted molar refractivity (Wildman–Crippen MR) is 208 cm³/mol. The molecule has 312 valence electrons. The second-order valence-electron chi connectivity index (χ2n) is 13.2. The summed E-state index contributed by atoms with van der Waals surface area (Å²) < 4.78 is 16.4. The molecule has 0 saturated heterocycles. The second kappa shape index (κ2) is 41.9. The molecule has 0 heterocycles. The van der Waals surface area contributed by atoms with Gasteiger partial charge in [-0.3, -0.25) is 24.0 Å². The number of rotatable bonds is 38. The number of carboxylic acids is 2. The molecule has 0 aromatic rings. The number of carbonyl (C=O) groups excluding carboxylic acids is 3. The first-order valence-corrected chi connectivity index (χ1v) is 20.3. The number of unbranched alkanes of at least 4 members (excludes halogenated alkanes) is 13. The van der Waals surface area contributed by atoms with Gasteiger partial charge in [0.2, 0.25) is 17.7 Å². The van der Waals surface area contributed by atoms with Gasteiger partial charge in [-0.25, -0.2) is 0 Å². The Bertz CT molecular complexity index is 894. The Morgan fingerprint density at radius 2 is 0.925 bits per heavy atom. The Morgan fingerprint density at radius 3 is 1.40 bits per heavy atom. The van der Waals surface area contributed by atoms with Crippen molar-refractivity contribution in [3.05, 3.63) is 0 Å². The number of aliphatic carboxylic acids is 2. The third-order valence-electron chi connectivity index (χ3n) is 8.46. The fourth-order valence-corrected chi connectivity index (χ4v) is 5.14. The minimum absolute atomic E-state index is 0.148. The number of likely N-dealkylation sites (N-methyl/N-ethyl adjacent to an activating group) is 1. The van der Waals surface area contributed by atoms with Gasteiger partial charge >= 0.3 is 11.9 Å². The average Bonchev–Trinajstić information content (AvgIpc) is 3.14. The fourth-order valence-electron chi connectivity index (χ4n) is 5.14. The molecule has 0 saturated carbocycles. The van der Waals surface area contributed by atoms with Gasteiger partial charge in [0.1, 0.15) is 6.04 Å². The quantitative estimate of drug-likeness (QED) is 0.0443. The SMILES string of the molecule is CCCCOCCOCCOCCCNC(=O)CCCCCCCCCCCCCCC(=O)O.CNC(=O)CCC(=O)NCCCC[C@H](NC)C(=O)O. The van der Waals surface area contributed by atoms with Crippen LogP contribution in [0.5, 0.6) is 0 Å². The highest BCUT2D eigenvalue weighted by Crippen LogP contribution is 2.13. The van der Waals surface area contributed by atoms with E-state index in [0.717, 1.165) is 64.4 Å². The molecular weight excluding hydrogens is 684 g/mol. The summed E-state index contributed by atoms with van der Waals surface area (Å²) in [4.78, 5) is 55.2. The molecule has 3 amide bonds. The number of carbonyl (C=O) groups is 5. The summed E-state index contributed by atoms with van der Waals surface area (Å²) in [5.41, 5.74) is 0. The van der Waals surface area contributed by atoms with Crippen molar-refractivity contribution in [2.45, 2.75) is 154 Å². The Labute approximate surface area is 320 Å². The van der Waals surface area contributed by atoms with Crippen molar-refractivity contribution < 1.29 is 48.4 Å². The molecule has 0 bridgehead atoms. The molecule has 0 spiro atoms. The molecule has 0 radical (unpaired) electrons. The van der Waals surface area contributed by atoms with Crippen molar-refractivity contribution in [3.8, 4) is 0 Å². The lowest BCUT2D eigenvalue weighted by molar-refractivity contribution is -0.139. The number of hydrogen-bond acceptors (Lipinski definition) is 9. The van der Waals surface area contributed by atoms with Crippen LogP contribution in [0.4, 0.5) is 0 Å². The molecule has 0 unspecified atom stereocenters. The lowest BCUT2D eigenvalue weighted by Gasteiger charge is -2.10. The molecule has 14 heteroatoms. The van der Waals surface area contributed by atoms with Crippen molar-refractivity contribution in [2.24, 2.45) is 0 Å². The molecular formula is C39H76N4O10. The van der Waals surface area contributed by atoms with Crippen LogP contribution in [-0.2, 0) is 38.2 Å². The van der Waals surface area contributed by atoms with E-state index in [1.807, 2.05) is 0 Å². The van der Waals surface area contributed by atoms with Crippen LogP contribution >= 0.6 is 0 Å². The first-order chi connectivity index (χ1) is 25.7. The zero-order chi connectivity index (χ0) is 39.6. The highest BCUT2D eigenvalue weighted by atomic mass is 16.5. The summed E-state index contributed by atoms with van der Waals surface area (Å²) in [5, 5.41) is 28.2. The van der Waals surface area contributed by atoms with Crippen molar-refractivity contribution in [1.29, 1.82) is 0 Å². The number of nitrogens with one attached hydrogen (secondary N) is 4. The van der Waals surface area contributed by atoms with E-state index >= 15 is 0 Å². The van der Waals surface area contributed by atoms with Crippen LogP contribution in [0.3, 0.4) is 0 Å². The van der Waals surface area contributed by atoms with E-state index in [9.17, 15) is 24.0 Å². The minimum atomic E-state index is -0.864. The molecule has 0 aliphatic carbocycles. The zero-order valence-electron chi connectivity index (χ0n) is 33.5. The van der Waals surface area contributed by atoms with Crippen LogP contribution in [0.2, 0.25) is 0 Å². The molecule has 0 fully saturated rings. The molecule has 14 nitrogen and oxygen atoms in total. The number of hydrogen-bond donors (Lipinski definition) is 6. The van der Waals surface area contributed by atoms with Gasteiger partial charge in [0.05, 0.1) is 26.4 Å². The van der Waals surface area contributed by atoms with Crippen LogP contribution in [0, 0.1) is 0 Å². The normalized spacial score (nSPS) is 11.3. The average molecular weight is 761 g/mol. The Morgan fingerprint density at radius 1 is 0.491 bits per heavy atom. The monoisotopic (exact) mass is 761 g/mol. The lowest BCUT2D eigenvalue weighted by atomic mass is 10.0. The van der Waals surface area contributed by atoms with Gasteiger partial charge < -0.3 is 45.7 Å². The predicted octanol–water partition coefficient (Wildman–Crippen LogP) is 5.36. The molecule has 0 aromatic carbocycles. The van der Waals surface area contributed by atoms with Gasteiger partial charge in [0, 0.05) is 59.0 Å². The molecule has 0 aliphatic heterocycles. The fraction of sp³-hybridized carbons (Fsp3) is 0.872. The standard InChI is InChI=1S/C27H53NO6.C12H23N3O4/c1-2-3-20-32-22-24-34-25-23-33-21-16-19-28-26(29)17-14-12-10-8-6-4-5-7-9-11-13-15-18-27(30)31;1-13-9(12(18)19)5-3-4-8-15-11(17)7-6-10(16)14-2/h2-25H2,1H3,(H,28,29)(H,30,31);9,13H,3-8H2,1-2H3,(H,14,16)(H,15,17)(H,18,19)/t;9-/m.0/s1. The molecule has 53 heavy (non-hydrogen) atoms. The van der Waals surface area contributed by atoms with Crippen molar-refractivity contribution in [3.63, 3.8) is 0 Å². The first kappa shape index (κ1) is 52.3. The zero-order valence-corrected chi connectivity index (χ0v) is 33.5. The largest absolute Gasteiger partial charge is 0.481 e. The van der Waals surface area contributed by atoms with E-state index < -0.39 is 18.0 Å². The van der Waals surface area contributed by atoms with E-state index in [2.05, 4.69) is 28.2 Å². The third kappa shape index (κ3) is 43.5. The van der Waals surface area contributed by atoms with Crippen LogP contribution in [0.25, 0.3) is 0 Å². The van der Waals surface area contributed by atoms with E-state index in [1.54, 1.807) is 7.05 Å². The molecule has 6 N–H and O–H groups in total. The van der Waals surface area contributed by atoms with Crippen LogP contribution < -0.4 is 21.3 Å². The van der Waals surface area contributed by atoms with E-state index in [-0.39, 0.29) is 30.6 Å². The van der Waals surface area contributed by atoms with Crippen molar-refractivity contribution in [1.82, 2.24) is 21.3 Å². The molecule has 1 atom stereocenters. The molecule has 0 aliphatic rings. The summed E-state index contributed by atoms with van der Waals surface area (Å²) in [6, 6.07) is -0.538. The maximum atomic E-state index is 11.9. The topological polar surface area (TPSA) is 202 Å². The lowest BCUT2D eigenvalue weighted by Crippen LogP contribution is -2.34. The summed E-state index contributed by atoms with van der Waals surface area (Å²) in [7, 11) is 3.14. The summed E-state index contributed by atoms with van der Waals surface area (Å²) in [6.45, 7) is 7.19. The number of amides is 3. The Hall–Kier alpha value is -2.81. The van der Waals surface area contributed by atoms with Crippen molar-refractivity contribution in [2.75, 3.05) is 66.8 Å². The highest BCUT2D eigenvalue weighted by Gasteiger charge is 2.13. The first-order valence-electron chi connectivity index (χ1n) is 20.3. The van der Waals surface area contributed by atoms with Crippen molar-refractivity contribution >= 4 is 29.7 Å². The maximum absolute atomic E-state index is 11.9. The third-order valence-corrected chi connectivity index (χ3v) is 8.46. The van der Waals surface area contributed by atoms with E-state index in [4.69, 9.17) is 24.4 Å². The summed E-state index contributed by atoms with van der Waals surface area (Å²) >= 11 is 0. The Balaban J connectivity index is 0.